The molecule has 194 valence electrons. The van der Waals surface area contributed by atoms with Crippen molar-refractivity contribution in [2.45, 2.75) is 32.5 Å². The van der Waals surface area contributed by atoms with E-state index in [-0.39, 0.29) is 36.3 Å². The first-order valence-corrected chi connectivity index (χ1v) is 12.2. The summed E-state index contributed by atoms with van der Waals surface area (Å²) in [6.07, 6.45) is 7.52. The maximum absolute atomic E-state index is 13.6. The van der Waals surface area contributed by atoms with Crippen LogP contribution >= 0.6 is 0 Å². The lowest BCUT2D eigenvalue weighted by atomic mass is 9.99. The molecule has 0 spiro atoms. The van der Waals surface area contributed by atoms with E-state index in [4.69, 9.17) is 4.74 Å². The number of amides is 2. The number of pyridine rings is 1. The Morgan fingerprint density at radius 1 is 1.22 bits per heavy atom. The maximum Gasteiger partial charge on any atom is 0.275 e. The average Bonchev–Trinajstić information content (AvgIpc) is 2.91. The molecular weight excluding hydrogens is 472 g/mol. The van der Waals surface area contributed by atoms with E-state index in [1.807, 2.05) is 33.0 Å². The molecule has 10 nitrogen and oxygen atoms in total. The highest BCUT2D eigenvalue weighted by Gasteiger charge is 2.34. The second kappa shape index (κ2) is 11.9. The lowest BCUT2D eigenvalue weighted by molar-refractivity contribution is 0.0343. The van der Waals surface area contributed by atoms with Crippen LogP contribution in [0, 0.1) is 5.92 Å². The van der Waals surface area contributed by atoms with Gasteiger partial charge in [0.2, 0.25) is 0 Å². The molecule has 3 atom stereocenters. The van der Waals surface area contributed by atoms with Gasteiger partial charge in [-0.25, -0.2) is 4.98 Å². The molecule has 10 heteroatoms. The minimum atomic E-state index is -0.459. The quantitative estimate of drug-likeness (QED) is 0.480. The first kappa shape index (κ1) is 26.2. The van der Waals surface area contributed by atoms with Crippen LogP contribution in [0.25, 0.3) is 0 Å². The summed E-state index contributed by atoms with van der Waals surface area (Å²) in [7, 11) is 2.01. The van der Waals surface area contributed by atoms with Gasteiger partial charge >= 0.3 is 0 Å². The van der Waals surface area contributed by atoms with Crippen LogP contribution in [0.1, 0.15) is 40.3 Å². The lowest BCUT2D eigenvalue weighted by Gasteiger charge is -2.38. The van der Waals surface area contributed by atoms with Gasteiger partial charge in [-0.05, 0) is 43.8 Å². The molecule has 0 aliphatic carbocycles. The SMILES string of the molecule is C[C@@H]1CN([C@H](C)CO)C(=O)c2cccc(NC(=O)c3cnccn3)c2O[C@@H]1CN(C)Cc1ccncc1. The summed E-state index contributed by atoms with van der Waals surface area (Å²) in [5, 5.41) is 12.7. The molecule has 1 aromatic carbocycles. The molecule has 2 aromatic heterocycles. The minimum absolute atomic E-state index is 0.0604. The number of ether oxygens (including phenoxy) is 1. The molecule has 0 bridgehead atoms. The summed E-state index contributed by atoms with van der Waals surface area (Å²) in [6, 6.07) is 8.64. The molecule has 1 aliphatic rings. The van der Waals surface area contributed by atoms with Crippen molar-refractivity contribution in [1.29, 1.82) is 0 Å². The number of likely N-dealkylation sites (N-methyl/N-ethyl adjacent to an activating group) is 1. The molecule has 2 N–H and O–H groups in total. The van der Waals surface area contributed by atoms with E-state index in [1.54, 1.807) is 35.5 Å². The van der Waals surface area contributed by atoms with Crippen LogP contribution in [-0.4, -0.2) is 80.6 Å². The largest absolute Gasteiger partial charge is 0.486 e. The molecule has 3 aromatic rings. The standard InChI is InChI=1S/C27H32N6O4/c1-18-14-33(19(2)17-34)27(36)21-5-4-6-22(31-26(35)23-13-29-11-12-30-23)25(21)37-24(18)16-32(3)15-20-7-9-28-10-8-20/h4-13,18-19,24,34H,14-17H2,1-3H3,(H,31,35)/t18-,19-,24-/m1/s1. The molecule has 0 saturated carbocycles. The van der Waals surface area contributed by atoms with Gasteiger partial charge in [-0.1, -0.05) is 13.0 Å². The van der Waals surface area contributed by atoms with Gasteiger partial charge in [0.25, 0.3) is 11.8 Å². The number of anilines is 1. The van der Waals surface area contributed by atoms with Crippen LogP contribution in [-0.2, 0) is 6.54 Å². The predicted molar refractivity (Wildman–Crippen MR) is 138 cm³/mol. The van der Waals surface area contributed by atoms with E-state index in [0.29, 0.717) is 36.6 Å². The minimum Gasteiger partial charge on any atom is -0.486 e. The normalized spacial score (nSPS) is 18.4. The Morgan fingerprint density at radius 2 is 2.00 bits per heavy atom. The Labute approximate surface area is 216 Å². The Morgan fingerprint density at radius 3 is 2.70 bits per heavy atom. The van der Waals surface area contributed by atoms with Gasteiger partial charge in [0.05, 0.1) is 30.1 Å². The van der Waals surface area contributed by atoms with Gasteiger partial charge in [-0.15, -0.1) is 0 Å². The third-order valence-electron chi connectivity index (χ3n) is 6.43. The zero-order valence-electron chi connectivity index (χ0n) is 21.2. The number of benzene rings is 1. The molecule has 4 rings (SSSR count). The van der Waals surface area contributed by atoms with Crippen LogP contribution in [0.15, 0.2) is 61.3 Å². The first-order valence-electron chi connectivity index (χ1n) is 12.2. The molecule has 37 heavy (non-hydrogen) atoms. The number of fused-ring (bicyclic) bond motifs is 1. The Bertz CT molecular complexity index is 1210. The number of aliphatic hydroxyl groups excluding tert-OH is 1. The van der Waals surface area contributed by atoms with E-state index < -0.39 is 5.91 Å². The number of rotatable bonds is 8. The van der Waals surface area contributed by atoms with E-state index in [2.05, 4.69) is 25.2 Å². The summed E-state index contributed by atoms with van der Waals surface area (Å²) >= 11 is 0. The van der Waals surface area contributed by atoms with Crippen molar-refractivity contribution in [3.63, 3.8) is 0 Å². The van der Waals surface area contributed by atoms with Gasteiger partial charge in [-0.3, -0.25) is 24.5 Å². The highest BCUT2D eigenvalue weighted by atomic mass is 16.5. The third-order valence-corrected chi connectivity index (χ3v) is 6.43. The van der Waals surface area contributed by atoms with Crippen molar-refractivity contribution >= 4 is 17.5 Å². The van der Waals surface area contributed by atoms with E-state index in [0.717, 1.165) is 5.56 Å². The van der Waals surface area contributed by atoms with Gasteiger partial charge in [0.15, 0.2) is 5.75 Å². The lowest BCUT2D eigenvalue weighted by Crippen LogP contribution is -2.49. The third kappa shape index (κ3) is 6.28. The molecule has 1 aliphatic heterocycles. The number of nitrogens with zero attached hydrogens (tertiary/aromatic N) is 5. The van der Waals surface area contributed by atoms with E-state index in [1.165, 1.54) is 18.6 Å². The number of nitrogens with one attached hydrogen (secondary N) is 1. The van der Waals surface area contributed by atoms with Crippen molar-refractivity contribution in [3.05, 3.63) is 78.1 Å². The Hall–Kier alpha value is -3.89. The molecule has 2 amide bonds. The number of para-hydroxylation sites is 1. The second-order valence-corrected chi connectivity index (χ2v) is 9.40. The Balaban J connectivity index is 1.67. The van der Waals surface area contributed by atoms with Crippen molar-refractivity contribution < 1.29 is 19.4 Å². The van der Waals surface area contributed by atoms with Crippen LogP contribution in [0.5, 0.6) is 5.75 Å². The number of aliphatic hydroxyl groups is 1. The fourth-order valence-electron chi connectivity index (χ4n) is 4.33. The zero-order valence-corrected chi connectivity index (χ0v) is 21.2. The van der Waals surface area contributed by atoms with Crippen molar-refractivity contribution in [1.82, 2.24) is 24.8 Å². The van der Waals surface area contributed by atoms with E-state index >= 15 is 0 Å². The number of hydrogen-bond donors (Lipinski definition) is 2. The van der Waals surface area contributed by atoms with Gasteiger partial charge in [0, 0.05) is 50.3 Å². The van der Waals surface area contributed by atoms with Gasteiger partial charge < -0.3 is 20.1 Å². The van der Waals surface area contributed by atoms with Gasteiger partial charge in [0.1, 0.15) is 11.8 Å². The van der Waals surface area contributed by atoms with Crippen LogP contribution in [0.2, 0.25) is 0 Å². The summed E-state index contributed by atoms with van der Waals surface area (Å²) in [4.78, 5) is 42.4. The highest BCUT2D eigenvalue weighted by molar-refractivity contribution is 6.06. The Kier molecular flexibility index (Phi) is 8.42. The van der Waals surface area contributed by atoms with Crippen LogP contribution in [0.4, 0.5) is 5.69 Å². The summed E-state index contributed by atoms with van der Waals surface area (Å²) in [6.45, 7) is 5.38. The maximum atomic E-state index is 13.6. The monoisotopic (exact) mass is 504 g/mol. The van der Waals surface area contributed by atoms with E-state index in [9.17, 15) is 14.7 Å². The molecule has 3 heterocycles. The highest BCUT2D eigenvalue weighted by Crippen LogP contribution is 2.35. The average molecular weight is 505 g/mol. The molecular formula is C27H32N6O4. The van der Waals surface area contributed by atoms with Crippen LogP contribution < -0.4 is 10.1 Å². The van der Waals surface area contributed by atoms with Crippen molar-refractivity contribution in [2.24, 2.45) is 5.92 Å². The number of aromatic nitrogens is 3. The zero-order chi connectivity index (χ0) is 26.4. The smallest absolute Gasteiger partial charge is 0.275 e. The molecule has 0 radical (unpaired) electrons. The fourth-order valence-corrected chi connectivity index (χ4v) is 4.33. The summed E-state index contributed by atoms with van der Waals surface area (Å²) in [5.74, 6) is -0.481. The number of hydrogen-bond acceptors (Lipinski definition) is 8. The fraction of sp³-hybridized carbons (Fsp3) is 0.370. The van der Waals surface area contributed by atoms with Crippen LogP contribution in [0.3, 0.4) is 0 Å². The van der Waals surface area contributed by atoms with Gasteiger partial charge in [-0.2, -0.15) is 0 Å². The molecule has 0 fully saturated rings. The van der Waals surface area contributed by atoms with Crippen molar-refractivity contribution in [3.8, 4) is 5.75 Å². The number of carbonyl (C=O) groups is 2. The summed E-state index contributed by atoms with van der Waals surface area (Å²) in [5.41, 5.74) is 1.97. The first-order chi connectivity index (χ1) is 17.9. The summed E-state index contributed by atoms with van der Waals surface area (Å²) < 4.78 is 6.54. The number of carbonyl (C=O) groups excluding carboxylic acids is 2. The predicted octanol–water partition coefficient (Wildman–Crippen LogP) is 2.48. The topological polar surface area (TPSA) is 121 Å². The second-order valence-electron chi connectivity index (χ2n) is 9.40. The molecule has 0 unspecified atom stereocenters. The van der Waals surface area contributed by atoms with Crippen molar-refractivity contribution in [2.75, 3.05) is 32.1 Å². The molecule has 0 saturated heterocycles.